The maximum atomic E-state index is 13.6. The molecule has 0 aliphatic rings. The summed E-state index contributed by atoms with van der Waals surface area (Å²) in [6.07, 6.45) is 2.08. The van der Waals surface area contributed by atoms with E-state index in [4.69, 9.17) is 22.7 Å². The van der Waals surface area contributed by atoms with Crippen LogP contribution in [0.2, 0.25) is 0 Å². The predicted molar refractivity (Wildman–Crippen MR) is 69.7 cm³/mol. The summed E-state index contributed by atoms with van der Waals surface area (Å²) in [4.78, 5) is 6.20. The Balaban J connectivity index is 2.74. The second kappa shape index (κ2) is 7.13. The van der Waals surface area contributed by atoms with E-state index < -0.39 is 0 Å². The highest BCUT2D eigenvalue weighted by Gasteiger charge is 2.12. The summed E-state index contributed by atoms with van der Waals surface area (Å²) in [6.45, 7) is 1.58. The molecular weight excluding hydrogens is 241 g/mol. The molecule has 0 spiro atoms. The van der Waals surface area contributed by atoms with Crippen molar-refractivity contribution in [3.05, 3.63) is 24.1 Å². The second-order valence-electron chi connectivity index (χ2n) is 3.50. The van der Waals surface area contributed by atoms with Crippen LogP contribution in [0.15, 0.2) is 18.3 Å². The molecular formula is C11H16FN3OS. The van der Waals surface area contributed by atoms with Gasteiger partial charge < -0.3 is 15.4 Å². The van der Waals surface area contributed by atoms with Crippen LogP contribution < -0.4 is 10.6 Å². The van der Waals surface area contributed by atoms with Gasteiger partial charge in [0.15, 0.2) is 11.6 Å². The van der Waals surface area contributed by atoms with Gasteiger partial charge in [-0.25, -0.2) is 9.37 Å². The van der Waals surface area contributed by atoms with Crippen LogP contribution in [0, 0.1) is 5.82 Å². The Morgan fingerprint density at radius 1 is 1.59 bits per heavy atom. The van der Waals surface area contributed by atoms with Crippen LogP contribution in [-0.4, -0.2) is 36.8 Å². The minimum atomic E-state index is -0.355. The van der Waals surface area contributed by atoms with E-state index >= 15 is 0 Å². The smallest absolute Gasteiger partial charge is 0.165 e. The summed E-state index contributed by atoms with van der Waals surface area (Å²) in [5.41, 5.74) is 5.44. The number of methoxy groups -OCH3 is 1. The van der Waals surface area contributed by atoms with Crippen LogP contribution in [0.5, 0.6) is 0 Å². The molecule has 2 N–H and O–H groups in total. The quantitative estimate of drug-likeness (QED) is 0.747. The third kappa shape index (κ3) is 4.62. The minimum absolute atomic E-state index is 0.306. The molecule has 0 bridgehead atoms. The van der Waals surface area contributed by atoms with Gasteiger partial charge in [0.25, 0.3) is 0 Å². The maximum Gasteiger partial charge on any atom is 0.165 e. The molecule has 0 fully saturated rings. The number of ether oxygens (including phenoxy) is 1. The zero-order valence-electron chi connectivity index (χ0n) is 9.73. The van der Waals surface area contributed by atoms with Crippen molar-refractivity contribution in [2.24, 2.45) is 5.73 Å². The Kier molecular flexibility index (Phi) is 5.79. The number of hydrogen-bond donors (Lipinski definition) is 1. The summed E-state index contributed by atoms with van der Waals surface area (Å²) in [5, 5.41) is 0. The third-order valence-corrected chi connectivity index (χ3v) is 2.44. The summed E-state index contributed by atoms with van der Waals surface area (Å²) in [6, 6.07) is 2.93. The van der Waals surface area contributed by atoms with Crippen LogP contribution in [0.4, 0.5) is 10.2 Å². The molecule has 17 heavy (non-hydrogen) atoms. The van der Waals surface area contributed by atoms with Gasteiger partial charge in [0.1, 0.15) is 0 Å². The van der Waals surface area contributed by atoms with Crippen molar-refractivity contribution in [1.82, 2.24) is 4.98 Å². The molecule has 0 amide bonds. The van der Waals surface area contributed by atoms with Gasteiger partial charge in [0.2, 0.25) is 0 Å². The number of thiocarbonyl (C=S) groups is 1. The van der Waals surface area contributed by atoms with Crippen molar-refractivity contribution in [3.8, 4) is 0 Å². The normalized spacial score (nSPS) is 10.2. The lowest BCUT2D eigenvalue weighted by atomic mass is 10.3. The van der Waals surface area contributed by atoms with Crippen molar-refractivity contribution >= 4 is 23.0 Å². The molecule has 0 aromatic carbocycles. The molecule has 0 unspecified atom stereocenters. The molecule has 0 saturated heterocycles. The number of aromatic nitrogens is 1. The molecule has 0 aliphatic heterocycles. The molecule has 0 atom stereocenters. The summed E-state index contributed by atoms with van der Waals surface area (Å²) >= 11 is 4.81. The molecule has 1 heterocycles. The van der Waals surface area contributed by atoms with E-state index in [2.05, 4.69) is 4.98 Å². The largest absolute Gasteiger partial charge is 0.393 e. The number of halogens is 1. The van der Waals surface area contributed by atoms with Gasteiger partial charge in [-0.05, 0) is 12.1 Å². The molecule has 6 heteroatoms. The van der Waals surface area contributed by atoms with Gasteiger partial charge in [0, 0.05) is 32.8 Å². The van der Waals surface area contributed by atoms with Crippen molar-refractivity contribution in [1.29, 1.82) is 0 Å². The number of anilines is 1. The average molecular weight is 257 g/mol. The van der Waals surface area contributed by atoms with E-state index in [9.17, 15) is 4.39 Å². The molecule has 0 radical (unpaired) electrons. The van der Waals surface area contributed by atoms with E-state index in [0.29, 0.717) is 36.9 Å². The Labute approximate surface area is 106 Å². The number of rotatable bonds is 7. The van der Waals surface area contributed by atoms with Crippen LogP contribution in [-0.2, 0) is 4.74 Å². The Morgan fingerprint density at radius 3 is 2.94 bits per heavy atom. The molecule has 0 aliphatic carbocycles. The SMILES string of the molecule is COCCN(CCC(N)=S)c1ncccc1F. The molecule has 94 valence electrons. The first kappa shape index (κ1) is 13.8. The van der Waals surface area contributed by atoms with Crippen molar-refractivity contribution in [2.75, 3.05) is 31.7 Å². The van der Waals surface area contributed by atoms with Crippen LogP contribution >= 0.6 is 12.2 Å². The van der Waals surface area contributed by atoms with Gasteiger partial charge >= 0.3 is 0 Å². The zero-order valence-corrected chi connectivity index (χ0v) is 10.5. The van der Waals surface area contributed by atoms with Crippen LogP contribution in [0.25, 0.3) is 0 Å². The molecule has 1 aromatic rings. The van der Waals surface area contributed by atoms with Crippen LogP contribution in [0.3, 0.4) is 0 Å². The van der Waals surface area contributed by atoms with Crippen LogP contribution in [0.1, 0.15) is 6.42 Å². The minimum Gasteiger partial charge on any atom is -0.393 e. The highest BCUT2D eigenvalue weighted by atomic mass is 32.1. The monoisotopic (exact) mass is 257 g/mol. The number of nitrogens with two attached hydrogens (primary N) is 1. The first-order valence-electron chi connectivity index (χ1n) is 5.28. The van der Waals surface area contributed by atoms with Crippen molar-refractivity contribution in [2.45, 2.75) is 6.42 Å². The number of hydrogen-bond acceptors (Lipinski definition) is 4. The Hall–Kier alpha value is -1.27. The number of nitrogens with zero attached hydrogens (tertiary/aromatic N) is 2. The topological polar surface area (TPSA) is 51.4 Å². The summed E-state index contributed by atoms with van der Waals surface area (Å²) in [5.74, 6) is -0.0488. The average Bonchev–Trinajstić information content (AvgIpc) is 2.30. The second-order valence-corrected chi connectivity index (χ2v) is 4.03. The highest BCUT2D eigenvalue weighted by Crippen LogP contribution is 2.15. The maximum absolute atomic E-state index is 13.6. The number of pyridine rings is 1. The Morgan fingerprint density at radius 2 is 2.35 bits per heavy atom. The van der Waals surface area contributed by atoms with Gasteiger partial charge in [-0.1, -0.05) is 12.2 Å². The van der Waals surface area contributed by atoms with Gasteiger partial charge in [0.05, 0.1) is 11.6 Å². The van der Waals surface area contributed by atoms with E-state index in [1.54, 1.807) is 24.3 Å². The van der Waals surface area contributed by atoms with Gasteiger partial charge in [-0.15, -0.1) is 0 Å². The molecule has 1 rings (SSSR count). The fourth-order valence-corrected chi connectivity index (χ4v) is 1.47. The molecule has 4 nitrogen and oxygen atoms in total. The van der Waals surface area contributed by atoms with Crippen molar-refractivity contribution in [3.63, 3.8) is 0 Å². The summed E-state index contributed by atoms with van der Waals surface area (Å²) < 4.78 is 18.6. The Bertz CT molecular complexity index is 375. The molecule has 0 saturated carbocycles. The standard InChI is InChI=1S/C11H16FN3OS/c1-16-8-7-15(6-4-10(13)17)11-9(12)3-2-5-14-11/h2-3,5H,4,6-8H2,1H3,(H2,13,17). The summed E-state index contributed by atoms with van der Waals surface area (Å²) in [7, 11) is 1.60. The zero-order chi connectivity index (χ0) is 12.7. The first-order valence-corrected chi connectivity index (χ1v) is 5.68. The first-order chi connectivity index (χ1) is 8.15. The fourth-order valence-electron chi connectivity index (χ4n) is 1.38. The van der Waals surface area contributed by atoms with Gasteiger partial charge in [-0.2, -0.15) is 0 Å². The predicted octanol–water partition coefficient (Wildman–Crippen LogP) is 1.35. The van der Waals surface area contributed by atoms with E-state index in [1.807, 2.05) is 0 Å². The highest BCUT2D eigenvalue weighted by molar-refractivity contribution is 7.80. The third-order valence-electron chi connectivity index (χ3n) is 2.23. The van der Waals surface area contributed by atoms with E-state index in [0.717, 1.165) is 0 Å². The fraction of sp³-hybridized carbons (Fsp3) is 0.455. The molecule has 1 aromatic heterocycles. The van der Waals surface area contributed by atoms with Gasteiger partial charge in [-0.3, -0.25) is 0 Å². The lowest BCUT2D eigenvalue weighted by Gasteiger charge is -2.23. The van der Waals surface area contributed by atoms with Crippen molar-refractivity contribution < 1.29 is 9.13 Å². The van der Waals surface area contributed by atoms with E-state index in [-0.39, 0.29) is 5.82 Å². The lowest BCUT2D eigenvalue weighted by Crippen LogP contribution is -2.32. The van der Waals surface area contributed by atoms with E-state index in [1.165, 1.54) is 6.07 Å². The lowest BCUT2D eigenvalue weighted by molar-refractivity contribution is 0.205.